The summed E-state index contributed by atoms with van der Waals surface area (Å²) < 4.78 is 6.87. The highest BCUT2D eigenvalue weighted by molar-refractivity contribution is 5.87. The van der Waals surface area contributed by atoms with E-state index in [-0.39, 0.29) is 0 Å². The van der Waals surface area contributed by atoms with E-state index in [2.05, 4.69) is 0 Å². The van der Waals surface area contributed by atoms with Gasteiger partial charge in [-0.2, -0.15) is 0 Å². The average molecular weight is 167 g/mol. The first-order valence-electron chi connectivity index (χ1n) is 3.76. The molecule has 0 bridgehead atoms. The summed E-state index contributed by atoms with van der Waals surface area (Å²) in [5.74, 6) is -0.881. The molecule has 1 fully saturated rings. The zero-order valence-corrected chi connectivity index (χ0v) is 6.43. The van der Waals surface area contributed by atoms with E-state index in [0.717, 1.165) is 0 Å². The maximum Gasteiger partial charge on any atom is 0.337 e. The Morgan fingerprint density at radius 2 is 2.42 bits per heavy atom. The Morgan fingerprint density at radius 1 is 1.67 bits per heavy atom. The second-order valence-corrected chi connectivity index (χ2v) is 2.84. The molecule has 0 radical (unpaired) electrons. The molecule has 1 aliphatic rings. The third-order valence-electron chi connectivity index (χ3n) is 2.00. The normalized spacial score (nSPS) is 17.3. The summed E-state index contributed by atoms with van der Waals surface area (Å²) in [6.07, 6.45) is 3.41. The molecule has 1 saturated heterocycles. The molecule has 4 heteroatoms. The summed E-state index contributed by atoms with van der Waals surface area (Å²) in [6, 6.07) is 1.93. The molecule has 0 spiro atoms. The van der Waals surface area contributed by atoms with Crippen molar-refractivity contribution in [2.45, 2.75) is 6.04 Å². The van der Waals surface area contributed by atoms with Crippen molar-refractivity contribution in [1.82, 2.24) is 4.57 Å². The molecular weight excluding hydrogens is 158 g/mol. The number of hydrogen-bond donors (Lipinski definition) is 1. The number of rotatable bonds is 2. The quantitative estimate of drug-likeness (QED) is 0.707. The van der Waals surface area contributed by atoms with Gasteiger partial charge in [0.15, 0.2) is 0 Å². The lowest BCUT2D eigenvalue weighted by Crippen LogP contribution is -2.29. The number of carboxylic acids is 1. The largest absolute Gasteiger partial charge is 0.478 e. The summed E-state index contributed by atoms with van der Waals surface area (Å²) in [4.78, 5) is 10.5. The molecule has 0 saturated carbocycles. The van der Waals surface area contributed by atoms with Crippen molar-refractivity contribution in [2.24, 2.45) is 0 Å². The second kappa shape index (κ2) is 2.64. The average Bonchev–Trinajstić information content (AvgIpc) is 2.32. The van der Waals surface area contributed by atoms with Gasteiger partial charge in [-0.1, -0.05) is 0 Å². The zero-order chi connectivity index (χ0) is 8.55. The minimum atomic E-state index is -0.881. The van der Waals surface area contributed by atoms with Gasteiger partial charge in [-0.3, -0.25) is 0 Å². The van der Waals surface area contributed by atoms with Gasteiger partial charge >= 0.3 is 5.97 Å². The highest BCUT2D eigenvalue weighted by Crippen LogP contribution is 2.17. The van der Waals surface area contributed by atoms with E-state index in [4.69, 9.17) is 9.84 Å². The van der Waals surface area contributed by atoms with Gasteiger partial charge in [-0.05, 0) is 6.07 Å². The van der Waals surface area contributed by atoms with Gasteiger partial charge in [-0.15, -0.1) is 0 Å². The molecule has 1 aliphatic heterocycles. The Labute approximate surface area is 69.4 Å². The van der Waals surface area contributed by atoms with Crippen molar-refractivity contribution in [3.63, 3.8) is 0 Å². The minimum absolute atomic E-state index is 0.332. The van der Waals surface area contributed by atoms with Gasteiger partial charge in [0.25, 0.3) is 0 Å². The van der Waals surface area contributed by atoms with Crippen LogP contribution in [-0.4, -0.2) is 28.9 Å². The Bertz CT molecular complexity index is 301. The first-order chi connectivity index (χ1) is 5.77. The predicted octanol–water partition coefficient (Wildman–Crippen LogP) is 0.758. The lowest BCUT2D eigenvalue weighted by molar-refractivity contribution is -0.0232. The molecule has 12 heavy (non-hydrogen) atoms. The van der Waals surface area contributed by atoms with Gasteiger partial charge in [0.1, 0.15) is 0 Å². The van der Waals surface area contributed by atoms with Crippen molar-refractivity contribution in [1.29, 1.82) is 0 Å². The Kier molecular flexibility index (Phi) is 1.62. The highest BCUT2D eigenvalue weighted by atomic mass is 16.5. The topological polar surface area (TPSA) is 51.5 Å². The molecule has 1 aromatic rings. The summed E-state index contributed by atoms with van der Waals surface area (Å²) in [5.41, 5.74) is 0.335. The Balaban J connectivity index is 2.17. The molecule has 1 N–H and O–H groups in total. The summed E-state index contributed by atoms with van der Waals surface area (Å²) >= 11 is 0. The maximum absolute atomic E-state index is 10.5. The molecule has 0 aliphatic carbocycles. The number of aromatic nitrogens is 1. The Hall–Kier alpha value is -1.29. The van der Waals surface area contributed by atoms with Crippen LogP contribution in [0.25, 0.3) is 0 Å². The van der Waals surface area contributed by atoms with E-state index in [1.165, 1.54) is 0 Å². The number of carbonyl (C=O) groups is 1. The smallest absolute Gasteiger partial charge is 0.337 e. The van der Waals surface area contributed by atoms with Gasteiger partial charge in [0.05, 0.1) is 24.8 Å². The number of carboxylic acid groups (broad SMARTS) is 1. The van der Waals surface area contributed by atoms with Crippen LogP contribution in [0.4, 0.5) is 0 Å². The standard InChI is InChI=1S/C8H9NO3/c10-8(11)6-1-2-9(3-6)7-4-12-5-7/h1-3,7H,4-5H2,(H,10,11). The third-order valence-corrected chi connectivity index (χ3v) is 2.00. The third kappa shape index (κ3) is 1.10. The number of nitrogens with zero attached hydrogens (tertiary/aromatic N) is 1. The van der Waals surface area contributed by atoms with Crippen LogP contribution in [-0.2, 0) is 4.74 Å². The van der Waals surface area contributed by atoms with E-state index in [0.29, 0.717) is 24.8 Å². The van der Waals surface area contributed by atoms with E-state index >= 15 is 0 Å². The van der Waals surface area contributed by atoms with Gasteiger partial charge in [0, 0.05) is 12.4 Å². The molecular formula is C8H9NO3. The molecule has 1 aromatic heterocycles. The monoisotopic (exact) mass is 167 g/mol. The molecule has 2 heterocycles. The highest BCUT2D eigenvalue weighted by Gasteiger charge is 2.20. The SMILES string of the molecule is O=C(O)c1ccn(C2COC2)c1. The summed E-state index contributed by atoms with van der Waals surface area (Å²) in [5, 5.41) is 8.63. The van der Waals surface area contributed by atoms with Crippen LogP contribution >= 0.6 is 0 Å². The van der Waals surface area contributed by atoms with Crippen LogP contribution in [0.2, 0.25) is 0 Å². The second-order valence-electron chi connectivity index (χ2n) is 2.84. The van der Waals surface area contributed by atoms with Crippen molar-refractivity contribution >= 4 is 5.97 Å². The summed E-state index contributed by atoms with van der Waals surface area (Å²) in [6.45, 7) is 1.38. The lowest BCUT2D eigenvalue weighted by atomic mass is 10.2. The molecule has 4 nitrogen and oxygen atoms in total. The van der Waals surface area contributed by atoms with E-state index in [1.54, 1.807) is 18.5 Å². The van der Waals surface area contributed by atoms with Gasteiger partial charge in [-0.25, -0.2) is 4.79 Å². The maximum atomic E-state index is 10.5. The number of aromatic carboxylic acids is 1. The van der Waals surface area contributed by atoms with Crippen molar-refractivity contribution in [3.8, 4) is 0 Å². The molecule has 0 amide bonds. The van der Waals surface area contributed by atoms with E-state index in [9.17, 15) is 4.79 Å². The van der Waals surface area contributed by atoms with Crippen LogP contribution in [0.15, 0.2) is 18.5 Å². The van der Waals surface area contributed by atoms with Gasteiger partial charge in [0.2, 0.25) is 0 Å². The molecule has 0 aromatic carbocycles. The molecule has 0 unspecified atom stereocenters. The van der Waals surface area contributed by atoms with Crippen molar-refractivity contribution in [3.05, 3.63) is 24.0 Å². The molecule has 0 atom stereocenters. The fraction of sp³-hybridized carbons (Fsp3) is 0.375. The fourth-order valence-corrected chi connectivity index (χ4v) is 1.16. The van der Waals surface area contributed by atoms with Crippen molar-refractivity contribution in [2.75, 3.05) is 13.2 Å². The predicted molar refractivity (Wildman–Crippen MR) is 41.2 cm³/mol. The van der Waals surface area contributed by atoms with Crippen LogP contribution in [0.1, 0.15) is 16.4 Å². The Morgan fingerprint density at radius 3 is 2.83 bits per heavy atom. The summed E-state index contributed by atoms with van der Waals surface area (Å²) in [7, 11) is 0. The minimum Gasteiger partial charge on any atom is -0.478 e. The van der Waals surface area contributed by atoms with Crippen LogP contribution in [0.3, 0.4) is 0 Å². The first kappa shape index (κ1) is 7.36. The van der Waals surface area contributed by atoms with Crippen LogP contribution in [0, 0.1) is 0 Å². The number of ether oxygens (including phenoxy) is 1. The van der Waals surface area contributed by atoms with Crippen LogP contribution < -0.4 is 0 Å². The van der Waals surface area contributed by atoms with E-state index in [1.807, 2.05) is 4.57 Å². The van der Waals surface area contributed by atoms with Gasteiger partial charge < -0.3 is 14.4 Å². The fourth-order valence-electron chi connectivity index (χ4n) is 1.16. The first-order valence-corrected chi connectivity index (χ1v) is 3.76. The number of hydrogen-bond acceptors (Lipinski definition) is 2. The molecule has 64 valence electrons. The lowest BCUT2D eigenvalue weighted by Gasteiger charge is -2.27. The zero-order valence-electron chi connectivity index (χ0n) is 6.43. The van der Waals surface area contributed by atoms with Crippen LogP contribution in [0.5, 0.6) is 0 Å². The van der Waals surface area contributed by atoms with Crippen molar-refractivity contribution < 1.29 is 14.6 Å². The van der Waals surface area contributed by atoms with E-state index < -0.39 is 5.97 Å². The molecule has 2 rings (SSSR count).